The van der Waals surface area contributed by atoms with Crippen molar-refractivity contribution >= 4 is 5.82 Å². The monoisotopic (exact) mass is 368 g/mol. The van der Waals surface area contributed by atoms with Crippen molar-refractivity contribution in [1.29, 1.82) is 0 Å². The van der Waals surface area contributed by atoms with Crippen LogP contribution in [0.15, 0.2) is 35.4 Å². The van der Waals surface area contributed by atoms with E-state index in [1.54, 1.807) is 31.1 Å². The number of fused-ring (bicyclic) bond motifs is 1. The van der Waals surface area contributed by atoms with Crippen LogP contribution in [0.5, 0.6) is 5.75 Å². The first kappa shape index (κ1) is 18.0. The molecular formula is C21H28N4O2. The van der Waals surface area contributed by atoms with Crippen LogP contribution in [-0.4, -0.2) is 41.8 Å². The summed E-state index contributed by atoms with van der Waals surface area (Å²) >= 11 is 0. The Morgan fingerprint density at radius 2 is 2.11 bits per heavy atom. The number of piperidine rings is 1. The quantitative estimate of drug-likeness (QED) is 0.893. The molecule has 4 rings (SSSR count). The van der Waals surface area contributed by atoms with Crippen LogP contribution >= 0.6 is 0 Å². The van der Waals surface area contributed by atoms with E-state index >= 15 is 0 Å². The van der Waals surface area contributed by atoms with Crippen molar-refractivity contribution in [1.82, 2.24) is 14.9 Å². The van der Waals surface area contributed by atoms with E-state index in [1.807, 2.05) is 0 Å². The second kappa shape index (κ2) is 7.72. The minimum absolute atomic E-state index is 0.0168. The fourth-order valence-corrected chi connectivity index (χ4v) is 4.34. The van der Waals surface area contributed by atoms with E-state index in [9.17, 15) is 4.79 Å². The van der Waals surface area contributed by atoms with Crippen LogP contribution in [0.2, 0.25) is 0 Å². The number of nitrogens with zero attached hydrogens (tertiary/aromatic N) is 3. The first-order valence-electron chi connectivity index (χ1n) is 9.82. The van der Waals surface area contributed by atoms with Crippen LogP contribution < -0.4 is 20.5 Å². The van der Waals surface area contributed by atoms with Crippen LogP contribution in [0, 0.1) is 0 Å². The molecule has 1 aliphatic heterocycles. The summed E-state index contributed by atoms with van der Waals surface area (Å²) in [5.74, 6) is 1.51. The molecule has 1 saturated heterocycles. The normalized spacial score (nSPS) is 22.4. The number of ether oxygens (including phenoxy) is 1. The standard InChI is InChI=1S/C21H28N4O2/c1-24-11-9-22-20(21(24)26)25-10-3-4-18(14-25)23-17-7-5-15-6-8-19(27-2)13-16(15)12-17/h6,8-9,11,13,17-18,23H,3-5,7,10,12,14H2,1-2H3/t17-,18-/m1/s1. The van der Waals surface area contributed by atoms with Crippen LogP contribution in [0.25, 0.3) is 0 Å². The predicted octanol–water partition coefficient (Wildman–Crippen LogP) is 1.90. The van der Waals surface area contributed by atoms with Gasteiger partial charge in [-0.15, -0.1) is 0 Å². The van der Waals surface area contributed by atoms with Crippen molar-refractivity contribution in [3.05, 3.63) is 52.1 Å². The fourth-order valence-electron chi connectivity index (χ4n) is 4.34. The summed E-state index contributed by atoms with van der Waals surface area (Å²) in [4.78, 5) is 18.9. The topological polar surface area (TPSA) is 59.4 Å². The zero-order valence-electron chi connectivity index (χ0n) is 16.1. The van der Waals surface area contributed by atoms with Crippen LogP contribution in [0.3, 0.4) is 0 Å². The third kappa shape index (κ3) is 3.86. The van der Waals surface area contributed by atoms with Crippen LogP contribution in [0.1, 0.15) is 30.4 Å². The lowest BCUT2D eigenvalue weighted by Gasteiger charge is -2.37. The minimum atomic E-state index is -0.0168. The van der Waals surface area contributed by atoms with E-state index in [1.165, 1.54) is 11.1 Å². The average molecular weight is 368 g/mol. The van der Waals surface area contributed by atoms with Gasteiger partial charge >= 0.3 is 0 Å². The number of methoxy groups -OCH3 is 1. The average Bonchev–Trinajstić information content (AvgIpc) is 2.69. The predicted molar refractivity (Wildman–Crippen MR) is 107 cm³/mol. The number of nitrogens with one attached hydrogen (secondary N) is 1. The highest BCUT2D eigenvalue weighted by Gasteiger charge is 2.26. The Labute approximate surface area is 160 Å². The van der Waals surface area contributed by atoms with Crippen molar-refractivity contribution in [2.24, 2.45) is 7.05 Å². The lowest BCUT2D eigenvalue weighted by molar-refractivity contribution is 0.349. The Bertz CT molecular complexity index is 864. The summed E-state index contributed by atoms with van der Waals surface area (Å²) in [5, 5.41) is 3.85. The molecule has 6 heteroatoms. The van der Waals surface area contributed by atoms with E-state index in [-0.39, 0.29) is 5.56 Å². The first-order chi connectivity index (χ1) is 13.1. The Morgan fingerprint density at radius 1 is 1.22 bits per heavy atom. The summed E-state index contributed by atoms with van der Waals surface area (Å²) in [6.45, 7) is 1.74. The van der Waals surface area contributed by atoms with Gasteiger partial charge in [-0.25, -0.2) is 4.98 Å². The van der Waals surface area contributed by atoms with Gasteiger partial charge in [-0.05, 0) is 55.4 Å². The molecule has 144 valence electrons. The molecule has 0 radical (unpaired) electrons. The smallest absolute Gasteiger partial charge is 0.293 e. The van der Waals surface area contributed by atoms with Crippen molar-refractivity contribution in [3.63, 3.8) is 0 Å². The Hall–Kier alpha value is -2.34. The number of aryl methyl sites for hydroxylation is 2. The van der Waals surface area contributed by atoms with Gasteiger partial charge in [0.1, 0.15) is 5.75 Å². The fraction of sp³-hybridized carbons (Fsp3) is 0.524. The van der Waals surface area contributed by atoms with Crippen LogP contribution in [-0.2, 0) is 19.9 Å². The van der Waals surface area contributed by atoms with E-state index < -0.39 is 0 Å². The molecule has 2 atom stereocenters. The molecule has 6 nitrogen and oxygen atoms in total. The molecule has 1 aliphatic carbocycles. The number of hydrogen-bond acceptors (Lipinski definition) is 5. The Kier molecular flexibility index (Phi) is 5.16. The van der Waals surface area contributed by atoms with Gasteiger partial charge in [0.25, 0.3) is 5.56 Å². The number of hydrogen-bond donors (Lipinski definition) is 1. The molecule has 2 heterocycles. The summed E-state index contributed by atoms with van der Waals surface area (Å²) in [6.07, 6.45) is 8.93. The molecule has 0 amide bonds. The molecule has 1 N–H and O–H groups in total. The van der Waals surface area contributed by atoms with Crippen molar-refractivity contribution in [2.75, 3.05) is 25.1 Å². The number of anilines is 1. The zero-order chi connectivity index (χ0) is 18.8. The lowest BCUT2D eigenvalue weighted by Crippen LogP contribution is -2.51. The lowest BCUT2D eigenvalue weighted by atomic mass is 9.87. The second-order valence-electron chi connectivity index (χ2n) is 7.69. The SMILES string of the molecule is COc1ccc2c(c1)C[C@H](N[C@@H]1CCCN(c3nccn(C)c3=O)C1)CC2. The Balaban J connectivity index is 1.42. The van der Waals surface area contributed by atoms with Gasteiger partial charge in [-0.2, -0.15) is 0 Å². The molecule has 1 fully saturated rings. The number of aromatic nitrogens is 2. The maximum atomic E-state index is 12.4. The minimum Gasteiger partial charge on any atom is -0.497 e. The van der Waals surface area contributed by atoms with Gasteiger partial charge in [0.15, 0.2) is 5.82 Å². The second-order valence-corrected chi connectivity index (χ2v) is 7.69. The number of benzene rings is 1. The molecule has 1 aromatic heterocycles. The van der Waals surface area contributed by atoms with Gasteiger partial charge in [0.05, 0.1) is 7.11 Å². The Morgan fingerprint density at radius 3 is 2.96 bits per heavy atom. The molecule has 2 aliphatic rings. The van der Waals surface area contributed by atoms with Crippen molar-refractivity contribution in [2.45, 2.75) is 44.2 Å². The molecule has 1 aromatic carbocycles. The van der Waals surface area contributed by atoms with E-state index in [0.717, 1.165) is 50.9 Å². The van der Waals surface area contributed by atoms with E-state index in [2.05, 4.69) is 33.4 Å². The van der Waals surface area contributed by atoms with E-state index in [0.29, 0.717) is 17.9 Å². The highest BCUT2D eigenvalue weighted by Crippen LogP contribution is 2.26. The summed E-state index contributed by atoms with van der Waals surface area (Å²) in [5.41, 5.74) is 2.82. The molecule has 0 spiro atoms. The van der Waals surface area contributed by atoms with E-state index in [4.69, 9.17) is 4.74 Å². The molecule has 0 unspecified atom stereocenters. The molecule has 2 aromatic rings. The summed E-state index contributed by atoms with van der Waals surface area (Å²) in [7, 11) is 3.50. The summed E-state index contributed by atoms with van der Waals surface area (Å²) in [6, 6.07) is 7.29. The maximum Gasteiger partial charge on any atom is 0.293 e. The van der Waals surface area contributed by atoms with Gasteiger partial charge in [0, 0.05) is 44.6 Å². The molecule has 0 bridgehead atoms. The van der Waals surface area contributed by atoms with Gasteiger partial charge in [0.2, 0.25) is 0 Å². The van der Waals surface area contributed by atoms with Crippen molar-refractivity contribution in [3.8, 4) is 5.75 Å². The van der Waals surface area contributed by atoms with Crippen LogP contribution in [0.4, 0.5) is 5.82 Å². The summed E-state index contributed by atoms with van der Waals surface area (Å²) < 4.78 is 6.99. The third-order valence-electron chi connectivity index (χ3n) is 5.83. The highest BCUT2D eigenvalue weighted by atomic mass is 16.5. The van der Waals surface area contributed by atoms with Gasteiger partial charge in [-0.1, -0.05) is 6.07 Å². The maximum absolute atomic E-state index is 12.4. The molecule has 27 heavy (non-hydrogen) atoms. The third-order valence-corrected chi connectivity index (χ3v) is 5.83. The molecular weight excluding hydrogens is 340 g/mol. The number of rotatable bonds is 4. The highest BCUT2D eigenvalue weighted by molar-refractivity contribution is 5.38. The largest absolute Gasteiger partial charge is 0.497 e. The first-order valence-corrected chi connectivity index (χ1v) is 9.82. The molecule has 0 saturated carbocycles. The van der Waals surface area contributed by atoms with Gasteiger partial charge in [-0.3, -0.25) is 4.79 Å². The zero-order valence-corrected chi connectivity index (χ0v) is 16.1. The van der Waals surface area contributed by atoms with Crippen molar-refractivity contribution < 1.29 is 4.74 Å². The van der Waals surface area contributed by atoms with Gasteiger partial charge < -0.3 is 19.5 Å².